The van der Waals surface area contributed by atoms with Gasteiger partial charge < -0.3 is 19.9 Å². The van der Waals surface area contributed by atoms with Gasteiger partial charge in [-0.1, -0.05) is 29.7 Å². The molecule has 3 heterocycles. The zero-order valence-electron chi connectivity index (χ0n) is 24.1. The van der Waals surface area contributed by atoms with Gasteiger partial charge in [0.15, 0.2) is 0 Å². The third-order valence-corrected chi connectivity index (χ3v) is 10.2. The smallest absolute Gasteiger partial charge is 0.227 e. The SMILES string of the molecule is CNC(=O)[C@@]1(C)CCCC[C@H]1C(=O)N1CCc2c(Cl)ccc(OCc3cn(C)nn3)c2C1CN1CC2(CC2)CC1=O. The molecule has 4 aliphatic rings. The average molecular weight is 583 g/mol. The van der Waals surface area contributed by atoms with E-state index in [1.165, 1.54) is 0 Å². The minimum Gasteiger partial charge on any atom is -0.487 e. The molecule has 3 atom stereocenters. The second-order valence-corrected chi connectivity index (χ2v) is 13.1. The maximum absolute atomic E-state index is 14.5. The molecule has 10 nitrogen and oxygen atoms in total. The topological polar surface area (TPSA) is 110 Å². The van der Waals surface area contributed by atoms with Gasteiger partial charge in [-0.2, -0.15) is 0 Å². The lowest BCUT2D eigenvalue weighted by Gasteiger charge is -2.46. The van der Waals surface area contributed by atoms with Gasteiger partial charge in [0, 0.05) is 50.7 Å². The van der Waals surface area contributed by atoms with Crippen LogP contribution in [0, 0.1) is 16.7 Å². The number of nitrogens with zero attached hydrogens (tertiary/aromatic N) is 5. The normalized spacial score (nSPS) is 26.7. The minimum absolute atomic E-state index is 0.0286. The van der Waals surface area contributed by atoms with Gasteiger partial charge in [-0.25, -0.2) is 0 Å². The summed E-state index contributed by atoms with van der Waals surface area (Å²) >= 11 is 6.76. The number of aromatic nitrogens is 3. The van der Waals surface area contributed by atoms with Crippen LogP contribution in [0.5, 0.6) is 5.75 Å². The van der Waals surface area contributed by atoms with Crippen LogP contribution < -0.4 is 10.1 Å². The Labute approximate surface area is 245 Å². The number of carbonyl (C=O) groups excluding carboxylic acids is 3. The number of benzene rings is 1. The van der Waals surface area contributed by atoms with Crippen LogP contribution in [0.3, 0.4) is 0 Å². The fraction of sp³-hybridized carbons (Fsp3) is 0.633. The third-order valence-electron chi connectivity index (χ3n) is 9.89. The molecule has 2 aliphatic carbocycles. The molecule has 2 aliphatic heterocycles. The van der Waals surface area contributed by atoms with Gasteiger partial charge in [-0.3, -0.25) is 19.1 Å². The molecule has 1 saturated heterocycles. The number of amides is 3. The van der Waals surface area contributed by atoms with Crippen LogP contribution in [0.2, 0.25) is 5.02 Å². The van der Waals surface area contributed by atoms with Crippen LogP contribution >= 0.6 is 11.6 Å². The number of nitrogens with one attached hydrogen (secondary N) is 1. The summed E-state index contributed by atoms with van der Waals surface area (Å²) in [7, 11) is 3.44. The van der Waals surface area contributed by atoms with Crippen molar-refractivity contribution in [1.82, 2.24) is 30.1 Å². The summed E-state index contributed by atoms with van der Waals surface area (Å²) in [4.78, 5) is 44.7. The first-order valence-electron chi connectivity index (χ1n) is 14.7. The molecule has 1 N–H and O–H groups in total. The van der Waals surface area contributed by atoms with Gasteiger partial charge in [0.1, 0.15) is 18.1 Å². The Kier molecular flexibility index (Phi) is 7.24. The maximum atomic E-state index is 14.5. The Hall–Kier alpha value is -3.14. The van der Waals surface area contributed by atoms with Crippen LogP contribution in [0.15, 0.2) is 18.3 Å². The highest BCUT2D eigenvalue weighted by Gasteiger charge is 2.53. The molecular formula is C30H39ClN6O4. The quantitative estimate of drug-likeness (QED) is 0.536. The van der Waals surface area contributed by atoms with E-state index in [4.69, 9.17) is 16.3 Å². The fourth-order valence-electron chi connectivity index (χ4n) is 7.33. The highest BCUT2D eigenvalue weighted by Crippen LogP contribution is 2.54. The first-order valence-corrected chi connectivity index (χ1v) is 15.1. The van der Waals surface area contributed by atoms with Crippen molar-refractivity contribution in [3.05, 3.63) is 40.2 Å². The number of likely N-dealkylation sites (tertiary alicyclic amines) is 1. The van der Waals surface area contributed by atoms with Gasteiger partial charge >= 0.3 is 0 Å². The maximum Gasteiger partial charge on any atom is 0.227 e. The lowest BCUT2D eigenvalue weighted by atomic mass is 9.66. The predicted molar refractivity (Wildman–Crippen MR) is 152 cm³/mol. The molecule has 11 heteroatoms. The summed E-state index contributed by atoms with van der Waals surface area (Å²) in [6.07, 6.45) is 8.25. The van der Waals surface area contributed by atoms with E-state index in [1.807, 2.05) is 28.9 Å². The number of hydrogen-bond donors (Lipinski definition) is 1. The molecule has 3 fully saturated rings. The van der Waals surface area contributed by atoms with E-state index >= 15 is 0 Å². The monoisotopic (exact) mass is 582 g/mol. The summed E-state index contributed by atoms with van der Waals surface area (Å²) in [5.41, 5.74) is 1.80. The van der Waals surface area contributed by atoms with Gasteiger partial charge in [-0.15, -0.1) is 5.10 Å². The third kappa shape index (κ3) is 5.08. The van der Waals surface area contributed by atoms with Crippen molar-refractivity contribution in [3.8, 4) is 5.75 Å². The molecule has 2 aromatic rings. The van der Waals surface area contributed by atoms with E-state index in [9.17, 15) is 14.4 Å². The molecule has 1 spiro atoms. The van der Waals surface area contributed by atoms with Crippen molar-refractivity contribution in [2.24, 2.45) is 23.8 Å². The molecule has 1 aromatic heterocycles. The number of carbonyl (C=O) groups is 3. The summed E-state index contributed by atoms with van der Waals surface area (Å²) in [5, 5.41) is 11.6. The van der Waals surface area contributed by atoms with Gasteiger partial charge in [0.05, 0.1) is 23.6 Å². The van der Waals surface area contributed by atoms with Crippen molar-refractivity contribution < 1.29 is 19.1 Å². The van der Waals surface area contributed by atoms with E-state index in [1.54, 1.807) is 25.0 Å². The Balaban J connectivity index is 1.37. The average Bonchev–Trinajstić information content (AvgIpc) is 3.46. The van der Waals surface area contributed by atoms with E-state index in [0.717, 1.165) is 43.4 Å². The number of rotatable bonds is 7. The van der Waals surface area contributed by atoms with E-state index < -0.39 is 17.4 Å². The largest absolute Gasteiger partial charge is 0.487 e. The number of fused-ring (bicyclic) bond motifs is 1. The molecule has 0 bridgehead atoms. The molecule has 0 radical (unpaired) electrons. The highest BCUT2D eigenvalue weighted by atomic mass is 35.5. The number of hydrogen-bond acceptors (Lipinski definition) is 6. The van der Waals surface area contributed by atoms with Crippen LogP contribution in [0.4, 0.5) is 0 Å². The molecule has 41 heavy (non-hydrogen) atoms. The second-order valence-electron chi connectivity index (χ2n) is 12.7. The molecule has 1 aromatic carbocycles. The van der Waals surface area contributed by atoms with E-state index in [-0.39, 0.29) is 29.7 Å². The van der Waals surface area contributed by atoms with Crippen molar-refractivity contribution in [3.63, 3.8) is 0 Å². The molecule has 1 unspecified atom stereocenters. The Morgan fingerprint density at radius 1 is 1.22 bits per heavy atom. The summed E-state index contributed by atoms with van der Waals surface area (Å²) in [6.45, 7) is 3.71. The second kappa shape index (κ2) is 10.6. The summed E-state index contributed by atoms with van der Waals surface area (Å²) < 4.78 is 7.95. The van der Waals surface area contributed by atoms with E-state index in [2.05, 4.69) is 15.6 Å². The molecule has 3 amide bonds. The van der Waals surface area contributed by atoms with Gasteiger partial charge in [0.25, 0.3) is 0 Å². The Morgan fingerprint density at radius 3 is 2.71 bits per heavy atom. The minimum atomic E-state index is -0.782. The Bertz CT molecular complexity index is 1370. The molecule has 2 saturated carbocycles. The van der Waals surface area contributed by atoms with Crippen molar-refractivity contribution in [1.29, 1.82) is 0 Å². The number of aryl methyl sites for hydroxylation is 1. The first kappa shape index (κ1) is 28.0. The van der Waals surface area contributed by atoms with Crippen molar-refractivity contribution in [2.75, 3.05) is 26.7 Å². The van der Waals surface area contributed by atoms with E-state index in [0.29, 0.717) is 55.2 Å². The summed E-state index contributed by atoms with van der Waals surface area (Å²) in [6, 6.07) is 3.25. The highest BCUT2D eigenvalue weighted by molar-refractivity contribution is 6.31. The zero-order valence-corrected chi connectivity index (χ0v) is 24.9. The number of ether oxygens (including phenoxy) is 1. The predicted octanol–water partition coefficient (Wildman–Crippen LogP) is 3.43. The van der Waals surface area contributed by atoms with Crippen LogP contribution in [0.25, 0.3) is 0 Å². The van der Waals surface area contributed by atoms with Crippen LogP contribution in [-0.2, 0) is 34.5 Å². The summed E-state index contributed by atoms with van der Waals surface area (Å²) in [5.74, 6) is 0.208. The Morgan fingerprint density at radius 2 is 2.02 bits per heavy atom. The van der Waals surface area contributed by atoms with Crippen molar-refractivity contribution >= 4 is 29.3 Å². The zero-order chi connectivity index (χ0) is 28.9. The molecule has 220 valence electrons. The lowest BCUT2D eigenvalue weighted by Crippen LogP contribution is -2.54. The van der Waals surface area contributed by atoms with Crippen molar-refractivity contribution in [2.45, 2.75) is 70.9 Å². The molecule has 6 rings (SSSR count). The van der Waals surface area contributed by atoms with Crippen LogP contribution in [-0.4, -0.2) is 69.2 Å². The molecular weight excluding hydrogens is 544 g/mol. The van der Waals surface area contributed by atoms with Gasteiger partial charge in [0.2, 0.25) is 17.7 Å². The standard InChI is InChI=1S/C30H39ClN6O4/c1-29(28(40)32-2)10-5-4-6-21(29)27(39)37-13-9-20-22(31)7-8-24(41-17-19-15-35(3)34-33-19)26(20)23(37)16-36-18-30(11-12-30)14-25(36)38/h7-8,15,21,23H,4-6,9-14,16-18H2,1-3H3,(H,32,40)/t21-,23?,29-/m0/s1. The van der Waals surface area contributed by atoms with Gasteiger partial charge in [-0.05, 0) is 62.1 Å². The van der Waals surface area contributed by atoms with Crippen LogP contribution in [0.1, 0.15) is 74.7 Å². The fourth-order valence-corrected chi connectivity index (χ4v) is 7.59. The first-order chi connectivity index (χ1) is 19.6. The lowest BCUT2D eigenvalue weighted by molar-refractivity contribution is -0.153. The number of halogens is 1.